The van der Waals surface area contributed by atoms with Crippen LogP contribution in [0.2, 0.25) is 0 Å². The lowest BCUT2D eigenvalue weighted by molar-refractivity contribution is -0.794. The van der Waals surface area contributed by atoms with Gasteiger partial charge in [0.15, 0.2) is 10.9 Å². The van der Waals surface area contributed by atoms with Crippen LogP contribution in [-0.2, 0) is 4.79 Å². The fourth-order valence-corrected chi connectivity index (χ4v) is 4.92. The molecule has 2 aromatic rings. The van der Waals surface area contributed by atoms with Crippen molar-refractivity contribution in [3.8, 4) is 0 Å². The van der Waals surface area contributed by atoms with Gasteiger partial charge in [0.05, 0.1) is 17.7 Å². The Kier molecular flexibility index (Phi) is 6.44. The molecule has 2 heterocycles. The Morgan fingerprint density at radius 2 is 1.79 bits per heavy atom. The number of amides is 2. The van der Waals surface area contributed by atoms with E-state index >= 15 is 0 Å². The molecule has 2 unspecified atom stereocenters. The van der Waals surface area contributed by atoms with Crippen LogP contribution in [0.4, 0.5) is 4.79 Å². The van der Waals surface area contributed by atoms with Gasteiger partial charge in [-0.3, -0.25) is 4.79 Å². The summed E-state index contributed by atoms with van der Waals surface area (Å²) < 4.78 is -0.629. The Bertz CT molecular complexity index is 893. The van der Waals surface area contributed by atoms with E-state index in [9.17, 15) is 19.5 Å². The maximum absolute atomic E-state index is 13.5. The quantitative estimate of drug-likeness (QED) is 0.333. The molecule has 0 radical (unpaired) electrons. The Hall–Kier alpha value is -2.58. The highest BCUT2D eigenvalue weighted by molar-refractivity contribution is 8.00. The third-order valence-electron chi connectivity index (χ3n) is 5.55. The molecule has 1 N–H and O–H groups in total. The molecule has 1 saturated heterocycles. The fraction of sp³-hybridized carbons (Fsp3) is 0.381. The number of hydrogen-bond acceptors (Lipinski definition) is 6. The molecule has 1 aromatic carbocycles. The van der Waals surface area contributed by atoms with Crippen LogP contribution in [0.3, 0.4) is 0 Å². The van der Waals surface area contributed by atoms with Gasteiger partial charge in [-0.2, -0.15) is 9.28 Å². The van der Waals surface area contributed by atoms with Crippen molar-refractivity contribution in [1.82, 2.24) is 9.97 Å². The summed E-state index contributed by atoms with van der Waals surface area (Å²) in [6.07, 6.45) is 3.31. The second-order valence-corrected chi connectivity index (χ2v) is 8.40. The first-order chi connectivity index (χ1) is 13.9. The fourth-order valence-electron chi connectivity index (χ4n) is 3.88. The van der Waals surface area contributed by atoms with Crippen LogP contribution in [-0.4, -0.2) is 55.2 Å². The number of hydrogen-bond donors (Lipinski definition) is 1. The highest BCUT2D eigenvalue weighted by atomic mass is 32.2. The number of ketones is 1. The maximum atomic E-state index is 13.5. The number of nitrogens with zero attached hydrogens (tertiary/aromatic N) is 3. The van der Waals surface area contributed by atoms with Gasteiger partial charge in [-0.05, 0) is 19.9 Å². The van der Waals surface area contributed by atoms with Crippen LogP contribution >= 0.6 is 11.8 Å². The first-order valence-electron chi connectivity index (χ1n) is 9.56. The van der Waals surface area contributed by atoms with Crippen molar-refractivity contribution in [3.63, 3.8) is 0 Å². The van der Waals surface area contributed by atoms with Gasteiger partial charge < -0.3 is 5.11 Å². The topological polar surface area (TPSA) is 97.2 Å². The van der Waals surface area contributed by atoms with Crippen molar-refractivity contribution >= 4 is 29.5 Å². The molecule has 1 fully saturated rings. The third-order valence-corrected chi connectivity index (χ3v) is 6.85. The smallest absolute Gasteiger partial charge is 0.435 e. The lowest BCUT2D eigenvalue weighted by Gasteiger charge is -2.33. The summed E-state index contributed by atoms with van der Waals surface area (Å²) in [6, 6.07) is 10.1. The van der Waals surface area contributed by atoms with Crippen LogP contribution < -0.4 is 0 Å². The molecule has 1 aliphatic heterocycles. The van der Waals surface area contributed by atoms with E-state index < -0.39 is 27.7 Å². The van der Waals surface area contributed by atoms with E-state index in [-0.39, 0.29) is 18.4 Å². The summed E-state index contributed by atoms with van der Waals surface area (Å²) in [4.78, 5) is 47.2. The van der Waals surface area contributed by atoms with Crippen LogP contribution in [0.1, 0.15) is 37.0 Å². The van der Waals surface area contributed by atoms with Crippen molar-refractivity contribution in [1.29, 1.82) is 0 Å². The second kappa shape index (κ2) is 8.84. The molecule has 1 aliphatic rings. The zero-order valence-corrected chi connectivity index (χ0v) is 17.2. The normalized spacial score (nSPS) is 23.3. The van der Waals surface area contributed by atoms with Gasteiger partial charge >= 0.3 is 12.0 Å². The number of rotatable bonds is 6. The van der Waals surface area contributed by atoms with E-state index in [0.717, 1.165) is 11.8 Å². The van der Waals surface area contributed by atoms with Crippen molar-refractivity contribution < 1.29 is 24.0 Å². The van der Waals surface area contributed by atoms with E-state index in [1.165, 1.54) is 0 Å². The molecule has 152 valence electrons. The number of carbonyl (C=O) groups excluding carboxylic acids is 2. The van der Waals surface area contributed by atoms with Gasteiger partial charge in [0.2, 0.25) is 0 Å². The molecule has 0 saturated carbocycles. The molecule has 29 heavy (non-hydrogen) atoms. The minimum Gasteiger partial charge on any atom is -0.435 e. The van der Waals surface area contributed by atoms with Crippen molar-refractivity contribution in [3.05, 3.63) is 54.4 Å². The number of imide groups is 1. The molecule has 2 amide bonds. The number of quaternary nitrogens is 1. The average molecular weight is 415 g/mol. The number of benzene rings is 1. The Morgan fingerprint density at radius 3 is 2.34 bits per heavy atom. The number of Topliss-reactive ketones (excluding diaryl/α,β-unsaturated/α-hetero) is 1. The Morgan fingerprint density at radius 1 is 1.14 bits per heavy atom. The standard InChI is InChI=1S/C21H23N3O4S/c1-14-8-6-13-24(14,21(27)28)19(26)15(2)18(29-20-22-11-7-12-23-20)17(25)16-9-4-3-5-10-16/h3-5,7,9-12,14-15,18H,6,8,13H2,1-2H3/p+1/t14?,15?,18-,24+/m0/s1. The number of likely N-dealkylation sites (tertiary alicyclic amines) is 1. The monoisotopic (exact) mass is 414 g/mol. The number of carboxylic acid groups (broad SMARTS) is 1. The average Bonchev–Trinajstić information content (AvgIpc) is 3.14. The minimum absolute atomic E-state index is 0.237. The Labute approximate surface area is 173 Å². The highest BCUT2D eigenvalue weighted by Crippen LogP contribution is 2.35. The van der Waals surface area contributed by atoms with Crippen LogP contribution in [0.15, 0.2) is 53.9 Å². The summed E-state index contributed by atoms with van der Waals surface area (Å²) >= 11 is 1.10. The maximum Gasteiger partial charge on any atom is 0.521 e. The minimum atomic E-state index is -1.15. The molecule has 1 aromatic heterocycles. The SMILES string of the molecule is CC(C(=O)[N@@+]1(C(=O)O)CCCC1C)[C@H](Sc1ncccn1)C(=O)c1ccccc1. The van der Waals surface area contributed by atoms with Gasteiger partial charge in [-0.25, -0.2) is 14.8 Å². The summed E-state index contributed by atoms with van der Waals surface area (Å²) in [6.45, 7) is 3.67. The predicted octanol–water partition coefficient (Wildman–Crippen LogP) is 3.66. The molecule has 0 spiro atoms. The number of carbonyl (C=O) groups is 3. The van der Waals surface area contributed by atoms with Crippen LogP contribution in [0.25, 0.3) is 0 Å². The molecule has 0 bridgehead atoms. The van der Waals surface area contributed by atoms with E-state index in [0.29, 0.717) is 23.6 Å². The zero-order chi connectivity index (χ0) is 21.0. The largest absolute Gasteiger partial charge is 0.521 e. The summed E-state index contributed by atoms with van der Waals surface area (Å²) in [5.74, 6) is -1.51. The van der Waals surface area contributed by atoms with Crippen molar-refractivity contribution in [2.24, 2.45) is 5.92 Å². The van der Waals surface area contributed by atoms with Gasteiger partial charge in [-0.1, -0.05) is 42.1 Å². The van der Waals surface area contributed by atoms with E-state index in [1.807, 2.05) is 6.07 Å². The lowest BCUT2D eigenvalue weighted by atomic mass is 9.96. The molecule has 7 nitrogen and oxygen atoms in total. The summed E-state index contributed by atoms with van der Waals surface area (Å²) in [5, 5.41) is 9.46. The molecule has 4 atom stereocenters. The molecular weight excluding hydrogens is 390 g/mol. The first-order valence-corrected chi connectivity index (χ1v) is 10.4. The Balaban J connectivity index is 1.97. The lowest BCUT2D eigenvalue weighted by Crippen LogP contribution is -2.61. The van der Waals surface area contributed by atoms with E-state index in [1.54, 1.807) is 56.6 Å². The zero-order valence-electron chi connectivity index (χ0n) is 16.4. The van der Waals surface area contributed by atoms with E-state index in [4.69, 9.17) is 0 Å². The van der Waals surface area contributed by atoms with Crippen LogP contribution in [0.5, 0.6) is 0 Å². The molecule has 3 rings (SSSR count). The van der Waals surface area contributed by atoms with Gasteiger partial charge in [0.1, 0.15) is 6.04 Å². The van der Waals surface area contributed by atoms with Crippen molar-refractivity contribution in [2.75, 3.05) is 6.54 Å². The van der Waals surface area contributed by atoms with Crippen LogP contribution in [0, 0.1) is 5.92 Å². The summed E-state index contributed by atoms with van der Waals surface area (Å²) in [7, 11) is 0. The highest BCUT2D eigenvalue weighted by Gasteiger charge is 2.56. The molecule has 8 heteroatoms. The molecular formula is C21H24N3O4S+. The van der Waals surface area contributed by atoms with Gasteiger partial charge in [-0.15, -0.1) is 0 Å². The van der Waals surface area contributed by atoms with Gasteiger partial charge in [0.25, 0.3) is 0 Å². The summed E-state index contributed by atoms with van der Waals surface area (Å²) in [5.41, 5.74) is 0.469. The van der Waals surface area contributed by atoms with Gasteiger partial charge in [0, 0.05) is 30.8 Å². The number of aromatic nitrogens is 2. The predicted molar refractivity (Wildman–Crippen MR) is 108 cm³/mol. The third kappa shape index (κ3) is 4.09. The second-order valence-electron chi connectivity index (χ2n) is 7.29. The number of thioether (sulfide) groups is 1. The first kappa shape index (κ1) is 21.1. The van der Waals surface area contributed by atoms with E-state index in [2.05, 4.69) is 9.97 Å². The molecule has 0 aliphatic carbocycles. The van der Waals surface area contributed by atoms with Crippen molar-refractivity contribution in [2.45, 2.75) is 43.1 Å².